The normalized spacial score (nSPS) is 9.96. The first-order valence-corrected chi connectivity index (χ1v) is 7.32. The topological polar surface area (TPSA) is 56.1 Å². The summed E-state index contributed by atoms with van der Waals surface area (Å²) in [5, 5.41) is 2.84. The molecule has 3 rings (SSSR count). The molecule has 1 heterocycles. The van der Waals surface area contributed by atoms with Crippen LogP contribution in [0.2, 0.25) is 0 Å². The Balaban J connectivity index is 1.65. The third kappa shape index (κ3) is 3.62. The monoisotopic (exact) mass is 317 g/mol. The maximum absolute atomic E-state index is 12.3. The maximum Gasteiger partial charge on any atom is 0.255 e. The van der Waals surface area contributed by atoms with Crippen LogP contribution in [0.5, 0.6) is 5.75 Å². The van der Waals surface area contributed by atoms with Crippen molar-refractivity contribution in [2.45, 2.75) is 0 Å². The number of carbonyl (C=O) groups is 1. The standard InChI is InChI=1S/C19H15N3O2/c1-2-13-24-18-9-5-16(6-10-18)21-19(23)15-3-7-17(8-4-15)22-12-11-20-14-22/h1,3-12,14H,13H2,(H,21,23). The van der Waals surface area contributed by atoms with Crippen LogP contribution >= 0.6 is 0 Å². The zero-order chi connectivity index (χ0) is 16.8. The minimum absolute atomic E-state index is 0.176. The fourth-order valence-electron chi connectivity index (χ4n) is 2.16. The van der Waals surface area contributed by atoms with E-state index in [9.17, 15) is 4.79 Å². The highest BCUT2D eigenvalue weighted by molar-refractivity contribution is 6.04. The summed E-state index contributed by atoms with van der Waals surface area (Å²) in [6, 6.07) is 14.3. The van der Waals surface area contributed by atoms with E-state index in [1.807, 2.05) is 22.9 Å². The van der Waals surface area contributed by atoms with Crippen LogP contribution in [0, 0.1) is 12.3 Å². The van der Waals surface area contributed by atoms with Gasteiger partial charge in [-0.3, -0.25) is 4.79 Å². The number of imidazole rings is 1. The summed E-state index contributed by atoms with van der Waals surface area (Å²) in [7, 11) is 0. The summed E-state index contributed by atoms with van der Waals surface area (Å²) in [5.41, 5.74) is 2.21. The minimum Gasteiger partial charge on any atom is -0.481 e. The Morgan fingerprint density at radius 2 is 1.92 bits per heavy atom. The summed E-state index contributed by atoms with van der Waals surface area (Å²) in [4.78, 5) is 16.3. The van der Waals surface area contributed by atoms with Gasteiger partial charge in [0.05, 0.1) is 6.33 Å². The molecule has 0 atom stereocenters. The Labute approximate surface area is 139 Å². The molecule has 1 amide bonds. The van der Waals surface area contributed by atoms with Gasteiger partial charge < -0.3 is 14.6 Å². The van der Waals surface area contributed by atoms with Gasteiger partial charge in [0.25, 0.3) is 5.91 Å². The number of anilines is 1. The molecule has 0 saturated carbocycles. The van der Waals surface area contributed by atoms with Crippen LogP contribution in [-0.4, -0.2) is 22.1 Å². The van der Waals surface area contributed by atoms with Gasteiger partial charge in [-0.15, -0.1) is 6.42 Å². The highest BCUT2D eigenvalue weighted by Gasteiger charge is 2.06. The van der Waals surface area contributed by atoms with Crippen molar-refractivity contribution in [3.63, 3.8) is 0 Å². The van der Waals surface area contributed by atoms with Gasteiger partial charge in [0, 0.05) is 29.3 Å². The predicted octanol–water partition coefficient (Wildman–Crippen LogP) is 3.14. The molecular weight excluding hydrogens is 302 g/mol. The van der Waals surface area contributed by atoms with Crippen LogP contribution in [0.1, 0.15) is 10.4 Å². The van der Waals surface area contributed by atoms with Crippen molar-refractivity contribution < 1.29 is 9.53 Å². The first kappa shape index (κ1) is 15.4. The molecule has 1 N–H and O–H groups in total. The van der Waals surface area contributed by atoms with E-state index in [-0.39, 0.29) is 12.5 Å². The lowest BCUT2D eigenvalue weighted by atomic mass is 10.2. The summed E-state index contributed by atoms with van der Waals surface area (Å²) in [6.45, 7) is 0.217. The van der Waals surface area contributed by atoms with Gasteiger partial charge in [0.15, 0.2) is 0 Å². The van der Waals surface area contributed by atoms with E-state index < -0.39 is 0 Å². The Morgan fingerprint density at radius 1 is 1.17 bits per heavy atom. The van der Waals surface area contributed by atoms with Crippen molar-refractivity contribution in [2.75, 3.05) is 11.9 Å². The summed E-state index contributed by atoms with van der Waals surface area (Å²) in [5.74, 6) is 2.89. The SMILES string of the molecule is C#CCOc1ccc(NC(=O)c2ccc(-n3ccnc3)cc2)cc1. The van der Waals surface area contributed by atoms with Crippen molar-refractivity contribution in [1.29, 1.82) is 0 Å². The second-order valence-electron chi connectivity index (χ2n) is 4.99. The third-order valence-corrected chi connectivity index (χ3v) is 3.37. The number of rotatable bonds is 5. The fourth-order valence-corrected chi connectivity index (χ4v) is 2.16. The molecule has 0 bridgehead atoms. The van der Waals surface area contributed by atoms with E-state index in [1.165, 1.54) is 0 Å². The molecule has 5 nitrogen and oxygen atoms in total. The van der Waals surface area contributed by atoms with Gasteiger partial charge in [-0.1, -0.05) is 5.92 Å². The van der Waals surface area contributed by atoms with E-state index in [0.29, 0.717) is 17.0 Å². The zero-order valence-electron chi connectivity index (χ0n) is 12.8. The van der Waals surface area contributed by atoms with Crippen molar-refractivity contribution in [3.05, 3.63) is 72.8 Å². The highest BCUT2D eigenvalue weighted by atomic mass is 16.5. The first-order chi connectivity index (χ1) is 11.8. The number of hydrogen-bond acceptors (Lipinski definition) is 3. The zero-order valence-corrected chi connectivity index (χ0v) is 12.8. The van der Waals surface area contributed by atoms with E-state index >= 15 is 0 Å². The van der Waals surface area contributed by atoms with Gasteiger partial charge in [-0.2, -0.15) is 0 Å². The molecule has 0 spiro atoms. The summed E-state index contributed by atoms with van der Waals surface area (Å²) >= 11 is 0. The summed E-state index contributed by atoms with van der Waals surface area (Å²) < 4.78 is 7.16. The number of benzene rings is 2. The number of terminal acetylenes is 1. The molecular formula is C19H15N3O2. The number of hydrogen-bond donors (Lipinski definition) is 1. The Morgan fingerprint density at radius 3 is 2.54 bits per heavy atom. The molecule has 0 unspecified atom stereocenters. The van der Waals surface area contributed by atoms with Crippen LogP contribution in [0.4, 0.5) is 5.69 Å². The molecule has 3 aromatic rings. The number of carbonyl (C=O) groups excluding carboxylic acids is 1. The van der Waals surface area contributed by atoms with Gasteiger partial charge in [-0.05, 0) is 48.5 Å². The Kier molecular flexibility index (Phi) is 4.59. The largest absolute Gasteiger partial charge is 0.481 e. The average Bonchev–Trinajstić information content (AvgIpc) is 3.16. The molecule has 0 aliphatic rings. The lowest BCUT2D eigenvalue weighted by Gasteiger charge is -2.08. The van der Waals surface area contributed by atoms with Crippen LogP contribution in [0.3, 0.4) is 0 Å². The van der Waals surface area contributed by atoms with Crippen molar-refractivity contribution in [1.82, 2.24) is 9.55 Å². The molecule has 2 aromatic carbocycles. The quantitative estimate of drug-likeness (QED) is 0.736. The maximum atomic E-state index is 12.3. The molecule has 0 radical (unpaired) electrons. The van der Waals surface area contributed by atoms with Crippen LogP contribution in [-0.2, 0) is 0 Å². The number of ether oxygens (including phenoxy) is 1. The van der Waals surface area contributed by atoms with E-state index in [2.05, 4.69) is 16.2 Å². The van der Waals surface area contributed by atoms with Crippen molar-refractivity contribution >= 4 is 11.6 Å². The van der Waals surface area contributed by atoms with Crippen LogP contribution < -0.4 is 10.1 Å². The molecule has 0 saturated heterocycles. The lowest BCUT2D eigenvalue weighted by Crippen LogP contribution is -2.11. The molecule has 1 aromatic heterocycles. The first-order valence-electron chi connectivity index (χ1n) is 7.32. The van der Waals surface area contributed by atoms with Gasteiger partial charge in [-0.25, -0.2) is 4.98 Å². The highest BCUT2D eigenvalue weighted by Crippen LogP contribution is 2.17. The third-order valence-electron chi connectivity index (χ3n) is 3.37. The lowest BCUT2D eigenvalue weighted by molar-refractivity contribution is 0.102. The minimum atomic E-state index is -0.176. The van der Waals surface area contributed by atoms with Gasteiger partial charge in [0.2, 0.25) is 0 Å². The molecule has 0 aliphatic carbocycles. The Bertz CT molecular complexity index is 845. The second kappa shape index (κ2) is 7.16. The predicted molar refractivity (Wildman–Crippen MR) is 92.3 cm³/mol. The number of amides is 1. The van der Waals surface area contributed by atoms with Crippen LogP contribution in [0.15, 0.2) is 67.3 Å². The second-order valence-corrected chi connectivity index (χ2v) is 4.99. The number of nitrogens with one attached hydrogen (secondary N) is 1. The Hall–Kier alpha value is -3.52. The van der Waals surface area contributed by atoms with E-state index in [0.717, 1.165) is 5.69 Å². The van der Waals surface area contributed by atoms with E-state index in [4.69, 9.17) is 11.2 Å². The van der Waals surface area contributed by atoms with Crippen molar-refractivity contribution in [3.8, 4) is 23.8 Å². The molecule has 118 valence electrons. The molecule has 5 heteroatoms. The van der Waals surface area contributed by atoms with Crippen LogP contribution in [0.25, 0.3) is 5.69 Å². The molecule has 0 fully saturated rings. The van der Waals surface area contributed by atoms with Gasteiger partial charge >= 0.3 is 0 Å². The molecule has 0 aliphatic heterocycles. The summed E-state index contributed by atoms with van der Waals surface area (Å²) in [6.07, 6.45) is 10.4. The number of nitrogens with zero attached hydrogens (tertiary/aromatic N) is 2. The molecule has 24 heavy (non-hydrogen) atoms. The smallest absolute Gasteiger partial charge is 0.255 e. The van der Waals surface area contributed by atoms with E-state index in [1.54, 1.807) is 48.9 Å². The number of aromatic nitrogens is 2. The van der Waals surface area contributed by atoms with Gasteiger partial charge in [0.1, 0.15) is 12.4 Å². The fraction of sp³-hybridized carbons (Fsp3) is 0.0526. The average molecular weight is 317 g/mol. The van der Waals surface area contributed by atoms with Crippen molar-refractivity contribution in [2.24, 2.45) is 0 Å².